The Labute approximate surface area is 92.5 Å². The fraction of sp³-hybridized carbons (Fsp3) is 0.400. The van der Waals surface area contributed by atoms with Gasteiger partial charge < -0.3 is 14.2 Å². The number of rotatable bonds is 5. The zero-order valence-electron chi connectivity index (χ0n) is 8.87. The smallest absolute Gasteiger partial charge is 0.188 e. The Morgan fingerprint density at radius 1 is 1.27 bits per heavy atom. The van der Waals surface area contributed by atoms with Gasteiger partial charge in [0.25, 0.3) is 0 Å². The third-order valence-electron chi connectivity index (χ3n) is 1.78. The van der Waals surface area contributed by atoms with Crippen molar-refractivity contribution >= 4 is 11.8 Å². The molecule has 84 valence electrons. The summed E-state index contributed by atoms with van der Waals surface area (Å²) in [7, 11) is 2.94. The minimum atomic E-state index is -0.404. The first-order valence-electron chi connectivity index (χ1n) is 4.26. The second kappa shape index (κ2) is 5.82. The van der Waals surface area contributed by atoms with Crippen molar-refractivity contribution in [3.8, 4) is 11.5 Å². The Morgan fingerprint density at radius 2 is 1.93 bits per heavy atom. The summed E-state index contributed by atoms with van der Waals surface area (Å²) in [5.41, 5.74) is 0. The van der Waals surface area contributed by atoms with Gasteiger partial charge in [-0.2, -0.15) is 0 Å². The van der Waals surface area contributed by atoms with E-state index in [0.29, 0.717) is 10.6 Å². The van der Waals surface area contributed by atoms with E-state index in [9.17, 15) is 4.39 Å². The fourth-order valence-corrected chi connectivity index (χ4v) is 1.71. The highest BCUT2D eigenvalue weighted by atomic mass is 32.2. The van der Waals surface area contributed by atoms with Crippen molar-refractivity contribution in [2.24, 2.45) is 0 Å². The lowest BCUT2D eigenvalue weighted by molar-refractivity contribution is 0.0486. The highest BCUT2D eigenvalue weighted by Gasteiger charge is 2.14. The molecule has 1 aromatic rings. The summed E-state index contributed by atoms with van der Waals surface area (Å²) in [6.07, 6.45) is 1.78. The first kappa shape index (κ1) is 12.1. The van der Waals surface area contributed by atoms with Crippen molar-refractivity contribution in [3.05, 3.63) is 17.9 Å². The molecule has 0 atom stereocenters. The van der Waals surface area contributed by atoms with Crippen LogP contribution in [-0.2, 0) is 4.74 Å². The molecule has 0 N–H and O–H groups in total. The minimum absolute atomic E-state index is 0.0966. The van der Waals surface area contributed by atoms with E-state index in [4.69, 9.17) is 14.2 Å². The van der Waals surface area contributed by atoms with Gasteiger partial charge in [-0.15, -0.1) is 11.8 Å². The number of thioether (sulfide) groups is 1. The van der Waals surface area contributed by atoms with Crippen LogP contribution in [-0.4, -0.2) is 27.3 Å². The van der Waals surface area contributed by atoms with Crippen LogP contribution in [0.15, 0.2) is 17.0 Å². The number of ether oxygens (including phenoxy) is 3. The number of hydrogen-bond acceptors (Lipinski definition) is 4. The standard InChI is InChI=1S/C10H13FO3S/c1-12-6-14-8-5-4-7(13-2)9(11)10(8)15-3/h4-5H,6H2,1-3H3. The molecule has 5 heteroatoms. The van der Waals surface area contributed by atoms with E-state index in [-0.39, 0.29) is 12.5 Å². The molecule has 0 aliphatic heterocycles. The Bertz CT molecular complexity index is 331. The van der Waals surface area contributed by atoms with Crippen molar-refractivity contribution in [2.75, 3.05) is 27.3 Å². The third kappa shape index (κ3) is 2.76. The number of benzene rings is 1. The summed E-state index contributed by atoms with van der Waals surface area (Å²) in [6, 6.07) is 3.19. The molecule has 0 spiro atoms. The maximum Gasteiger partial charge on any atom is 0.188 e. The molecule has 0 amide bonds. The Morgan fingerprint density at radius 3 is 2.47 bits per heavy atom. The average Bonchev–Trinajstić information content (AvgIpc) is 2.26. The molecule has 0 aliphatic carbocycles. The minimum Gasteiger partial charge on any atom is -0.494 e. The summed E-state index contributed by atoms with van der Waals surface area (Å²) in [5, 5.41) is 0. The molecule has 0 fully saturated rings. The maximum atomic E-state index is 13.7. The quantitative estimate of drug-likeness (QED) is 0.576. The third-order valence-corrected chi connectivity index (χ3v) is 2.57. The molecular weight excluding hydrogens is 219 g/mol. The van der Waals surface area contributed by atoms with E-state index in [2.05, 4.69) is 0 Å². The van der Waals surface area contributed by atoms with Crippen LogP contribution < -0.4 is 9.47 Å². The van der Waals surface area contributed by atoms with Gasteiger partial charge in [-0.3, -0.25) is 0 Å². The van der Waals surface area contributed by atoms with Gasteiger partial charge in [0.05, 0.1) is 12.0 Å². The molecular formula is C10H13FO3S. The van der Waals surface area contributed by atoms with Crippen molar-refractivity contribution in [1.29, 1.82) is 0 Å². The molecule has 15 heavy (non-hydrogen) atoms. The van der Waals surface area contributed by atoms with E-state index in [1.165, 1.54) is 32.0 Å². The van der Waals surface area contributed by atoms with Crippen molar-refractivity contribution < 1.29 is 18.6 Å². The molecule has 0 bridgehead atoms. The maximum absolute atomic E-state index is 13.7. The lowest BCUT2D eigenvalue weighted by atomic mass is 10.3. The van der Waals surface area contributed by atoms with Crippen LogP contribution in [0.25, 0.3) is 0 Å². The Hall–Kier alpha value is -0.940. The van der Waals surface area contributed by atoms with E-state index in [1.54, 1.807) is 12.3 Å². The van der Waals surface area contributed by atoms with E-state index >= 15 is 0 Å². The molecule has 0 aliphatic rings. The number of halogens is 1. The normalized spacial score (nSPS) is 10.1. The lowest BCUT2D eigenvalue weighted by Crippen LogP contribution is -2.01. The highest BCUT2D eigenvalue weighted by Crippen LogP contribution is 2.35. The molecule has 1 rings (SSSR count). The van der Waals surface area contributed by atoms with E-state index in [0.717, 1.165) is 0 Å². The molecule has 0 heterocycles. The second-order valence-electron chi connectivity index (χ2n) is 2.66. The van der Waals surface area contributed by atoms with Gasteiger partial charge in [0.2, 0.25) is 0 Å². The Balaban J connectivity index is 3.01. The van der Waals surface area contributed by atoms with Crippen LogP contribution in [0.5, 0.6) is 11.5 Å². The first-order chi connectivity index (χ1) is 7.24. The van der Waals surface area contributed by atoms with Crippen LogP contribution in [0.2, 0.25) is 0 Å². The number of methoxy groups -OCH3 is 2. The van der Waals surface area contributed by atoms with Crippen molar-refractivity contribution in [3.63, 3.8) is 0 Å². The largest absolute Gasteiger partial charge is 0.494 e. The average molecular weight is 232 g/mol. The topological polar surface area (TPSA) is 27.7 Å². The molecule has 0 saturated heterocycles. The predicted octanol–water partition coefficient (Wildman–Crippen LogP) is 2.54. The van der Waals surface area contributed by atoms with Gasteiger partial charge >= 0.3 is 0 Å². The van der Waals surface area contributed by atoms with Crippen LogP contribution in [0, 0.1) is 5.82 Å². The lowest BCUT2D eigenvalue weighted by Gasteiger charge is -2.11. The molecule has 0 unspecified atom stereocenters. The molecule has 0 aromatic heterocycles. The zero-order chi connectivity index (χ0) is 11.3. The molecule has 0 saturated carbocycles. The fourth-order valence-electron chi connectivity index (χ4n) is 1.10. The van der Waals surface area contributed by atoms with Crippen LogP contribution >= 0.6 is 11.8 Å². The summed E-state index contributed by atoms with van der Waals surface area (Å²) in [5.74, 6) is 0.269. The van der Waals surface area contributed by atoms with Gasteiger partial charge in [0.1, 0.15) is 5.75 Å². The van der Waals surface area contributed by atoms with Crippen molar-refractivity contribution in [2.45, 2.75) is 4.90 Å². The van der Waals surface area contributed by atoms with Crippen molar-refractivity contribution in [1.82, 2.24) is 0 Å². The highest BCUT2D eigenvalue weighted by molar-refractivity contribution is 7.98. The first-order valence-corrected chi connectivity index (χ1v) is 5.49. The van der Waals surface area contributed by atoms with Gasteiger partial charge in [-0.25, -0.2) is 4.39 Å². The summed E-state index contributed by atoms with van der Waals surface area (Å²) < 4.78 is 28.5. The second-order valence-corrected chi connectivity index (χ2v) is 3.48. The summed E-state index contributed by atoms with van der Waals surface area (Å²) in [4.78, 5) is 0.423. The van der Waals surface area contributed by atoms with Gasteiger partial charge in [-0.05, 0) is 18.4 Å². The SMILES string of the molecule is COCOc1ccc(OC)c(F)c1SC. The monoisotopic (exact) mass is 232 g/mol. The van der Waals surface area contributed by atoms with E-state index in [1.807, 2.05) is 0 Å². The zero-order valence-corrected chi connectivity index (χ0v) is 9.69. The molecule has 1 aromatic carbocycles. The number of hydrogen-bond donors (Lipinski definition) is 0. The molecule has 3 nitrogen and oxygen atoms in total. The van der Waals surface area contributed by atoms with Gasteiger partial charge in [0.15, 0.2) is 18.4 Å². The predicted molar refractivity (Wildman–Crippen MR) is 57.2 cm³/mol. The van der Waals surface area contributed by atoms with E-state index < -0.39 is 5.82 Å². The summed E-state index contributed by atoms with van der Waals surface area (Å²) in [6.45, 7) is 0.0966. The van der Waals surface area contributed by atoms with Crippen LogP contribution in [0.4, 0.5) is 4.39 Å². The summed E-state index contributed by atoms with van der Waals surface area (Å²) >= 11 is 1.27. The van der Waals surface area contributed by atoms with Crippen LogP contribution in [0.1, 0.15) is 0 Å². The van der Waals surface area contributed by atoms with Gasteiger partial charge in [-0.1, -0.05) is 0 Å². The molecule has 0 radical (unpaired) electrons. The van der Waals surface area contributed by atoms with Crippen LogP contribution in [0.3, 0.4) is 0 Å². The Kier molecular flexibility index (Phi) is 4.71. The van der Waals surface area contributed by atoms with Gasteiger partial charge in [0, 0.05) is 7.11 Å².